The molecular weight excluding hydrogens is 288 g/mol. The summed E-state index contributed by atoms with van der Waals surface area (Å²) in [5.41, 5.74) is 0.266. The topological polar surface area (TPSA) is 78.1 Å². The highest BCUT2D eigenvalue weighted by atomic mass is 16.5. The summed E-state index contributed by atoms with van der Waals surface area (Å²) in [5.74, 6) is 0.978. The van der Waals surface area contributed by atoms with E-state index in [0.717, 1.165) is 0 Å². The van der Waals surface area contributed by atoms with Gasteiger partial charge in [-0.15, -0.1) is 0 Å². The lowest BCUT2D eigenvalue weighted by atomic mass is 10.1. The first-order valence-electron chi connectivity index (χ1n) is 6.49. The van der Waals surface area contributed by atoms with Crippen LogP contribution in [-0.4, -0.2) is 26.4 Å². The summed E-state index contributed by atoms with van der Waals surface area (Å²) >= 11 is 0. The largest absolute Gasteiger partial charge is 0.508 e. The zero-order valence-electron chi connectivity index (χ0n) is 12.3. The summed E-state index contributed by atoms with van der Waals surface area (Å²) in [6, 6.07) is 5.88. The first-order valence-corrected chi connectivity index (χ1v) is 6.49. The first-order chi connectivity index (χ1) is 10.6. The minimum absolute atomic E-state index is 0.00874. The molecule has 0 amide bonds. The fraction of sp³-hybridized carbons (Fsp3) is 0.188. The maximum Gasteiger partial charge on any atom is 0.208 e. The Morgan fingerprint density at radius 3 is 2.32 bits per heavy atom. The van der Waals surface area contributed by atoms with E-state index in [2.05, 4.69) is 0 Å². The molecule has 1 N–H and O–H groups in total. The highest BCUT2D eigenvalue weighted by Crippen LogP contribution is 2.43. The summed E-state index contributed by atoms with van der Waals surface area (Å²) in [4.78, 5) is 12.6. The first kappa shape index (κ1) is 14.1. The van der Waals surface area contributed by atoms with E-state index >= 15 is 0 Å². The fourth-order valence-electron chi connectivity index (χ4n) is 2.44. The van der Waals surface area contributed by atoms with Crippen LogP contribution in [0.15, 0.2) is 33.5 Å². The van der Waals surface area contributed by atoms with Gasteiger partial charge in [0.25, 0.3) is 0 Å². The predicted molar refractivity (Wildman–Crippen MR) is 81.3 cm³/mol. The average molecular weight is 302 g/mol. The van der Waals surface area contributed by atoms with Gasteiger partial charge in [-0.25, -0.2) is 0 Å². The number of aromatic hydroxyl groups is 1. The molecule has 0 aliphatic heterocycles. The summed E-state index contributed by atoms with van der Waals surface area (Å²) < 4.78 is 21.6. The van der Waals surface area contributed by atoms with Crippen LogP contribution in [0.5, 0.6) is 23.0 Å². The van der Waals surface area contributed by atoms with Crippen molar-refractivity contribution in [2.45, 2.75) is 0 Å². The van der Waals surface area contributed by atoms with E-state index in [-0.39, 0.29) is 28.1 Å². The van der Waals surface area contributed by atoms with Crippen LogP contribution in [0.25, 0.3) is 21.9 Å². The number of phenols is 1. The van der Waals surface area contributed by atoms with E-state index in [1.165, 1.54) is 39.5 Å². The fourth-order valence-corrected chi connectivity index (χ4v) is 2.44. The summed E-state index contributed by atoms with van der Waals surface area (Å²) in [5, 5.41) is 10.2. The van der Waals surface area contributed by atoms with Crippen LogP contribution in [0, 0.1) is 0 Å². The Bertz CT molecular complexity index is 925. The second-order valence-electron chi connectivity index (χ2n) is 4.63. The van der Waals surface area contributed by atoms with Crippen LogP contribution >= 0.6 is 0 Å². The summed E-state index contributed by atoms with van der Waals surface area (Å²) in [7, 11) is 4.39. The smallest absolute Gasteiger partial charge is 0.208 e. The monoisotopic (exact) mass is 302 g/mol. The van der Waals surface area contributed by atoms with Crippen molar-refractivity contribution in [1.82, 2.24) is 0 Å². The Labute approximate surface area is 125 Å². The van der Waals surface area contributed by atoms with Gasteiger partial charge < -0.3 is 23.7 Å². The van der Waals surface area contributed by atoms with Crippen molar-refractivity contribution in [3.63, 3.8) is 0 Å². The molecule has 0 aliphatic rings. The summed E-state index contributed by atoms with van der Waals surface area (Å²) in [6.07, 6.45) is 0. The quantitative estimate of drug-likeness (QED) is 0.749. The molecule has 114 valence electrons. The molecule has 3 rings (SSSR count). The lowest BCUT2D eigenvalue weighted by Crippen LogP contribution is -2.05. The number of ether oxygens (including phenoxy) is 3. The lowest BCUT2D eigenvalue weighted by molar-refractivity contribution is 0.324. The number of hydrogen-bond donors (Lipinski definition) is 1. The van der Waals surface area contributed by atoms with Gasteiger partial charge in [0.1, 0.15) is 11.3 Å². The van der Waals surface area contributed by atoms with Crippen LogP contribution in [0.4, 0.5) is 0 Å². The maximum atomic E-state index is 12.6. The van der Waals surface area contributed by atoms with Gasteiger partial charge in [0.05, 0.1) is 32.1 Å². The zero-order valence-corrected chi connectivity index (χ0v) is 12.3. The second kappa shape index (κ2) is 5.14. The standard InChI is InChI=1S/C16H14O6/c1-19-12-7-10-13(18)9-5-4-8(17)6-11(9)22-14(10)16(21-3)15(12)20-2/h4-7,17H,1-3H3. The maximum absolute atomic E-state index is 12.6. The molecule has 0 fully saturated rings. The van der Waals surface area contributed by atoms with Gasteiger partial charge >= 0.3 is 0 Å². The van der Waals surface area contributed by atoms with Crippen molar-refractivity contribution in [3.8, 4) is 23.0 Å². The minimum Gasteiger partial charge on any atom is -0.508 e. The summed E-state index contributed by atoms with van der Waals surface area (Å²) in [6.45, 7) is 0. The van der Waals surface area contributed by atoms with Crippen LogP contribution in [0.2, 0.25) is 0 Å². The number of fused-ring (bicyclic) bond motifs is 2. The van der Waals surface area contributed by atoms with Crippen molar-refractivity contribution < 1.29 is 23.7 Å². The van der Waals surface area contributed by atoms with E-state index in [4.69, 9.17) is 18.6 Å². The Kier molecular flexibility index (Phi) is 3.29. The normalized spacial score (nSPS) is 10.9. The van der Waals surface area contributed by atoms with Crippen LogP contribution in [0.3, 0.4) is 0 Å². The van der Waals surface area contributed by atoms with Crippen molar-refractivity contribution in [1.29, 1.82) is 0 Å². The molecule has 1 heterocycles. The van der Waals surface area contributed by atoms with E-state index < -0.39 is 0 Å². The molecule has 0 saturated heterocycles. The van der Waals surface area contributed by atoms with Gasteiger partial charge in [-0.2, -0.15) is 0 Å². The molecular formula is C16H14O6. The van der Waals surface area contributed by atoms with Crippen LogP contribution < -0.4 is 19.6 Å². The van der Waals surface area contributed by atoms with Crippen LogP contribution in [-0.2, 0) is 0 Å². The Morgan fingerprint density at radius 1 is 0.955 bits per heavy atom. The lowest BCUT2D eigenvalue weighted by Gasteiger charge is -2.14. The minimum atomic E-state index is -0.240. The van der Waals surface area contributed by atoms with Crippen LogP contribution in [0.1, 0.15) is 0 Å². The van der Waals surface area contributed by atoms with E-state index in [9.17, 15) is 9.90 Å². The number of methoxy groups -OCH3 is 3. The Morgan fingerprint density at radius 2 is 1.68 bits per heavy atom. The van der Waals surface area contributed by atoms with E-state index in [1.54, 1.807) is 6.07 Å². The molecule has 0 atom stereocenters. The highest BCUT2D eigenvalue weighted by molar-refractivity contribution is 5.95. The number of hydrogen-bond acceptors (Lipinski definition) is 6. The van der Waals surface area contributed by atoms with Gasteiger partial charge in [-0.3, -0.25) is 4.79 Å². The number of benzene rings is 2. The zero-order chi connectivity index (χ0) is 15.9. The number of rotatable bonds is 3. The molecule has 2 aromatic carbocycles. The van der Waals surface area contributed by atoms with E-state index in [0.29, 0.717) is 22.3 Å². The molecule has 0 bridgehead atoms. The van der Waals surface area contributed by atoms with Crippen molar-refractivity contribution in [3.05, 3.63) is 34.5 Å². The van der Waals surface area contributed by atoms with Crippen molar-refractivity contribution in [2.75, 3.05) is 21.3 Å². The third-order valence-electron chi connectivity index (χ3n) is 3.45. The van der Waals surface area contributed by atoms with Gasteiger partial charge in [-0.1, -0.05) is 0 Å². The average Bonchev–Trinajstić information content (AvgIpc) is 2.53. The van der Waals surface area contributed by atoms with Crippen molar-refractivity contribution >= 4 is 21.9 Å². The molecule has 0 spiro atoms. The SMILES string of the molecule is COc1cc2c(=O)c3ccc(O)cc3oc2c(OC)c1OC. The Balaban J connectivity index is 2.55. The third kappa shape index (κ3) is 1.92. The molecule has 0 aliphatic carbocycles. The second-order valence-corrected chi connectivity index (χ2v) is 4.63. The molecule has 3 aromatic rings. The highest BCUT2D eigenvalue weighted by Gasteiger charge is 2.21. The molecule has 6 nitrogen and oxygen atoms in total. The van der Waals surface area contributed by atoms with Gasteiger partial charge in [0.2, 0.25) is 16.9 Å². The number of phenolic OH excluding ortho intramolecular Hbond substituents is 1. The molecule has 0 unspecified atom stereocenters. The molecule has 22 heavy (non-hydrogen) atoms. The van der Waals surface area contributed by atoms with Gasteiger partial charge in [0, 0.05) is 6.07 Å². The molecule has 1 aromatic heterocycles. The molecule has 6 heteroatoms. The molecule has 0 saturated carbocycles. The molecule has 0 radical (unpaired) electrons. The van der Waals surface area contributed by atoms with Gasteiger partial charge in [0.15, 0.2) is 11.3 Å². The Hall–Kier alpha value is -2.89. The predicted octanol–water partition coefficient (Wildman–Crippen LogP) is 2.68. The van der Waals surface area contributed by atoms with Gasteiger partial charge in [-0.05, 0) is 18.2 Å². The van der Waals surface area contributed by atoms with E-state index in [1.807, 2.05) is 0 Å². The third-order valence-corrected chi connectivity index (χ3v) is 3.45. The van der Waals surface area contributed by atoms with Crippen molar-refractivity contribution in [2.24, 2.45) is 0 Å².